The third kappa shape index (κ3) is 6.34. The molecule has 19 heavy (non-hydrogen) atoms. The van der Waals surface area contributed by atoms with Gasteiger partial charge in [0, 0.05) is 16.7 Å². The lowest BCUT2D eigenvalue weighted by Gasteiger charge is -2.15. The maximum atomic E-state index is 12.6. The van der Waals surface area contributed by atoms with Crippen molar-refractivity contribution in [3.8, 4) is 0 Å². The average Bonchev–Trinajstić information content (AvgIpc) is 2.33. The van der Waals surface area contributed by atoms with E-state index >= 15 is 0 Å². The molecule has 1 aromatic rings. The maximum Gasteiger partial charge on any atom is 0.416 e. The van der Waals surface area contributed by atoms with E-state index in [1.165, 1.54) is 23.9 Å². The summed E-state index contributed by atoms with van der Waals surface area (Å²) < 4.78 is 37.7. The lowest BCUT2D eigenvalue weighted by molar-refractivity contribution is -0.137. The monoisotopic (exact) mass is 291 g/mol. The second-order valence-corrected chi connectivity index (χ2v) is 6.10. The zero-order chi connectivity index (χ0) is 14.5. The highest BCUT2D eigenvalue weighted by Gasteiger charge is 2.30. The first-order valence-electron chi connectivity index (χ1n) is 6.32. The van der Waals surface area contributed by atoms with E-state index in [-0.39, 0.29) is 0 Å². The molecular weight excluding hydrogens is 271 g/mol. The number of nitrogens with one attached hydrogen (secondary N) is 1. The quantitative estimate of drug-likeness (QED) is 0.778. The molecule has 1 aromatic carbocycles. The van der Waals surface area contributed by atoms with E-state index in [0.717, 1.165) is 18.4 Å². The summed E-state index contributed by atoms with van der Waals surface area (Å²) in [6, 6.07) is 5.94. The van der Waals surface area contributed by atoms with Gasteiger partial charge >= 0.3 is 6.18 Å². The first-order valence-corrected chi connectivity index (χ1v) is 7.31. The van der Waals surface area contributed by atoms with E-state index in [1.54, 1.807) is 6.07 Å². The molecule has 5 heteroatoms. The van der Waals surface area contributed by atoms with Gasteiger partial charge in [0.2, 0.25) is 0 Å². The largest absolute Gasteiger partial charge is 0.416 e. The van der Waals surface area contributed by atoms with Crippen molar-refractivity contribution in [3.63, 3.8) is 0 Å². The molecule has 0 aliphatic rings. The molecule has 0 amide bonds. The number of hydrogen-bond donors (Lipinski definition) is 1. The van der Waals surface area contributed by atoms with E-state index in [9.17, 15) is 13.2 Å². The minimum Gasteiger partial charge on any atom is -0.314 e. The first-order chi connectivity index (χ1) is 8.79. The van der Waals surface area contributed by atoms with Gasteiger partial charge in [-0.2, -0.15) is 13.2 Å². The Balaban J connectivity index is 2.49. The standard InChI is InChI=1S/C14H20F3NS/c1-10(2)18-8-11(3)9-19-13-6-4-5-12(7-13)14(15,16)17/h4-7,10-11,18H,8-9H2,1-3H3. The zero-order valence-corrected chi connectivity index (χ0v) is 12.2. The fourth-order valence-corrected chi connectivity index (χ4v) is 2.48. The fraction of sp³-hybridized carbons (Fsp3) is 0.571. The second kappa shape index (κ2) is 7.20. The number of benzene rings is 1. The van der Waals surface area contributed by atoms with Gasteiger partial charge in [0.25, 0.3) is 0 Å². The smallest absolute Gasteiger partial charge is 0.314 e. The molecule has 0 aliphatic carbocycles. The predicted molar refractivity (Wildman–Crippen MR) is 74.5 cm³/mol. The summed E-state index contributed by atoms with van der Waals surface area (Å²) in [7, 11) is 0. The van der Waals surface area contributed by atoms with Crippen molar-refractivity contribution < 1.29 is 13.2 Å². The number of hydrogen-bond acceptors (Lipinski definition) is 2. The Labute approximate surface area is 117 Å². The van der Waals surface area contributed by atoms with Crippen molar-refractivity contribution in [3.05, 3.63) is 29.8 Å². The number of alkyl halides is 3. The fourth-order valence-electron chi connectivity index (χ4n) is 1.50. The molecular formula is C14H20F3NS. The minimum absolute atomic E-state index is 0.418. The summed E-state index contributed by atoms with van der Waals surface area (Å²) in [5, 5.41) is 3.32. The van der Waals surface area contributed by atoms with Crippen molar-refractivity contribution in [1.82, 2.24) is 5.32 Å². The Kier molecular flexibility index (Phi) is 6.20. The normalized spacial score (nSPS) is 13.8. The number of rotatable bonds is 6. The SMILES string of the molecule is CC(CNC(C)C)CSc1cccc(C(F)(F)F)c1. The van der Waals surface area contributed by atoms with Crippen molar-refractivity contribution in [2.45, 2.75) is 37.9 Å². The molecule has 0 heterocycles. The van der Waals surface area contributed by atoms with Crippen LogP contribution < -0.4 is 5.32 Å². The molecule has 1 unspecified atom stereocenters. The van der Waals surface area contributed by atoms with E-state index in [2.05, 4.69) is 26.1 Å². The van der Waals surface area contributed by atoms with Gasteiger partial charge in [-0.15, -0.1) is 11.8 Å². The van der Waals surface area contributed by atoms with Crippen molar-refractivity contribution in [1.29, 1.82) is 0 Å². The maximum absolute atomic E-state index is 12.6. The Morgan fingerprint density at radius 2 is 1.89 bits per heavy atom. The van der Waals surface area contributed by atoms with Crippen LogP contribution >= 0.6 is 11.8 Å². The lowest BCUT2D eigenvalue weighted by atomic mass is 10.2. The summed E-state index contributed by atoms with van der Waals surface area (Å²) in [4.78, 5) is 0.672. The molecule has 1 atom stereocenters. The van der Waals surface area contributed by atoms with Gasteiger partial charge in [-0.05, 0) is 30.7 Å². The van der Waals surface area contributed by atoms with E-state index in [0.29, 0.717) is 16.9 Å². The van der Waals surface area contributed by atoms with E-state index in [1.807, 2.05) is 0 Å². The van der Waals surface area contributed by atoms with Crippen LogP contribution in [0.25, 0.3) is 0 Å². The van der Waals surface area contributed by atoms with Crippen LogP contribution in [0.4, 0.5) is 13.2 Å². The molecule has 0 fully saturated rings. The van der Waals surface area contributed by atoms with Crippen LogP contribution in [0.2, 0.25) is 0 Å². The molecule has 108 valence electrons. The van der Waals surface area contributed by atoms with E-state index < -0.39 is 11.7 Å². The molecule has 0 saturated heterocycles. The molecule has 0 radical (unpaired) electrons. The molecule has 1 N–H and O–H groups in total. The summed E-state index contributed by atoms with van der Waals surface area (Å²) in [5.41, 5.74) is -0.578. The van der Waals surface area contributed by atoms with Crippen molar-refractivity contribution >= 4 is 11.8 Å². The average molecular weight is 291 g/mol. The van der Waals surface area contributed by atoms with Gasteiger partial charge in [-0.1, -0.05) is 26.8 Å². The van der Waals surface area contributed by atoms with Gasteiger partial charge < -0.3 is 5.32 Å². The lowest BCUT2D eigenvalue weighted by Crippen LogP contribution is -2.28. The highest BCUT2D eigenvalue weighted by atomic mass is 32.2. The Hall–Kier alpha value is -0.680. The van der Waals surface area contributed by atoms with Crippen LogP contribution in [0.5, 0.6) is 0 Å². The first kappa shape index (κ1) is 16.4. The molecule has 0 aromatic heterocycles. The van der Waals surface area contributed by atoms with Gasteiger partial charge in [-0.3, -0.25) is 0 Å². The molecule has 1 rings (SSSR count). The van der Waals surface area contributed by atoms with Crippen LogP contribution in [-0.2, 0) is 6.18 Å². The van der Waals surface area contributed by atoms with Gasteiger partial charge in [0.15, 0.2) is 0 Å². The topological polar surface area (TPSA) is 12.0 Å². The number of halogens is 3. The van der Waals surface area contributed by atoms with Crippen LogP contribution in [0.1, 0.15) is 26.3 Å². The highest BCUT2D eigenvalue weighted by Crippen LogP contribution is 2.32. The van der Waals surface area contributed by atoms with Crippen LogP contribution in [-0.4, -0.2) is 18.3 Å². The summed E-state index contributed by atoms with van der Waals surface area (Å²) in [5.74, 6) is 1.23. The van der Waals surface area contributed by atoms with Crippen LogP contribution in [0, 0.1) is 5.92 Å². The molecule has 0 aliphatic heterocycles. The van der Waals surface area contributed by atoms with Crippen molar-refractivity contribution in [2.24, 2.45) is 5.92 Å². The van der Waals surface area contributed by atoms with E-state index in [4.69, 9.17) is 0 Å². The molecule has 0 saturated carbocycles. The zero-order valence-electron chi connectivity index (χ0n) is 11.4. The Morgan fingerprint density at radius 3 is 2.47 bits per heavy atom. The highest BCUT2D eigenvalue weighted by molar-refractivity contribution is 7.99. The Morgan fingerprint density at radius 1 is 1.21 bits per heavy atom. The van der Waals surface area contributed by atoms with Crippen molar-refractivity contribution in [2.75, 3.05) is 12.3 Å². The van der Waals surface area contributed by atoms with Crippen LogP contribution in [0.15, 0.2) is 29.2 Å². The third-order valence-corrected chi connectivity index (χ3v) is 3.89. The third-order valence-electron chi connectivity index (χ3n) is 2.57. The summed E-state index contributed by atoms with van der Waals surface area (Å²) in [6.07, 6.45) is -4.26. The summed E-state index contributed by atoms with van der Waals surface area (Å²) in [6.45, 7) is 7.12. The van der Waals surface area contributed by atoms with Gasteiger partial charge in [-0.25, -0.2) is 0 Å². The predicted octanol–water partition coefficient (Wildman–Crippen LogP) is 4.43. The molecule has 0 bridgehead atoms. The molecule has 1 nitrogen and oxygen atoms in total. The van der Waals surface area contributed by atoms with Crippen LogP contribution in [0.3, 0.4) is 0 Å². The Bertz CT molecular complexity index is 391. The van der Waals surface area contributed by atoms with Gasteiger partial charge in [0.1, 0.15) is 0 Å². The summed E-state index contributed by atoms with van der Waals surface area (Å²) >= 11 is 1.47. The minimum atomic E-state index is -4.26. The second-order valence-electron chi connectivity index (χ2n) is 5.00. The molecule has 0 spiro atoms. The number of thioether (sulfide) groups is 1. The van der Waals surface area contributed by atoms with Gasteiger partial charge in [0.05, 0.1) is 5.56 Å².